The lowest BCUT2D eigenvalue weighted by molar-refractivity contribution is -0.203. The van der Waals surface area contributed by atoms with E-state index in [0.29, 0.717) is 23.0 Å². The SMILES string of the molecule is CC(=O)O[C@H]1CC[C@]2(C)[C@H]3C(=O)C=C4[C@@H]5CC(C)(C)CC[C@]5(C)C=C[C@@]4(C)[C@]3(C)CC[C@H]2C1(C)C. The molecule has 3 nitrogen and oxygen atoms in total. The Hall–Kier alpha value is -1.38. The lowest BCUT2D eigenvalue weighted by Crippen LogP contribution is -2.66. The van der Waals surface area contributed by atoms with Crippen molar-refractivity contribution in [1.29, 1.82) is 0 Å². The highest BCUT2D eigenvalue weighted by atomic mass is 16.5. The van der Waals surface area contributed by atoms with Crippen LogP contribution in [0.5, 0.6) is 0 Å². The number of rotatable bonds is 1. The van der Waals surface area contributed by atoms with E-state index in [0.717, 1.165) is 25.7 Å². The maximum atomic E-state index is 14.3. The molecule has 0 N–H and O–H groups in total. The van der Waals surface area contributed by atoms with Gasteiger partial charge in [-0.3, -0.25) is 9.59 Å². The molecule has 0 amide bonds. The zero-order chi connectivity index (χ0) is 25.8. The van der Waals surface area contributed by atoms with Crippen molar-refractivity contribution in [2.45, 2.75) is 113 Å². The second kappa shape index (κ2) is 7.35. The minimum Gasteiger partial charge on any atom is -0.462 e. The van der Waals surface area contributed by atoms with E-state index in [1.54, 1.807) is 0 Å². The molecule has 5 aliphatic rings. The van der Waals surface area contributed by atoms with Crippen LogP contribution in [0.2, 0.25) is 0 Å². The van der Waals surface area contributed by atoms with Crippen molar-refractivity contribution in [2.24, 2.45) is 50.2 Å². The fourth-order valence-electron chi connectivity index (χ4n) is 10.2. The molecule has 0 radical (unpaired) electrons. The molecule has 0 aromatic carbocycles. The second-order valence-corrected chi connectivity index (χ2v) is 15.4. The van der Waals surface area contributed by atoms with Crippen LogP contribution < -0.4 is 0 Å². The topological polar surface area (TPSA) is 43.4 Å². The van der Waals surface area contributed by atoms with Gasteiger partial charge in [0, 0.05) is 23.7 Å². The van der Waals surface area contributed by atoms with Gasteiger partial charge in [-0.15, -0.1) is 0 Å². The average Bonchev–Trinajstić information content (AvgIpc) is 2.72. The number of ether oxygens (including phenoxy) is 1. The zero-order valence-electron chi connectivity index (χ0n) is 23.7. The Balaban J connectivity index is 1.60. The van der Waals surface area contributed by atoms with Gasteiger partial charge in [0.1, 0.15) is 6.10 Å². The largest absolute Gasteiger partial charge is 0.462 e. The van der Waals surface area contributed by atoms with Crippen LogP contribution in [0.3, 0.4) is 0 Å². The molecule has 3 saturated carbocycles. The van der Waals surface area contributed by atoms with Gasteiger partial charge >= 0.3 is 5.97 Å². The fraction of sp³-hybridized carbons (Fsp3) is 0.812. The van der Waals surface area contributed by atoms with Crippen LogP contribution in [-0.2, 0) is 14.3 Å². The molecule has 0 aromatic heterocycles. The van der Waals surface area contributed by atoms with Crippen molar-refractivity contribution in [3.63, 3.8) is 0 Å². The van der Waals surface area contributed by atoms with Crippen LogP contribution in [0, 0.1) is 50.2 Å². The molecule has 0 heterocycles. The van der Waals surface area contributed by atoms with E-state index < -0.39 is 0 Å². The molecule has 3 fully saturated rings. The summed E-state index contributed by atoms with van der Waals surface area (Å²) >= 11 is 0. The van der Waals surface area contributed by atoms with E-state index in [4.69, 9.17) is 4.74 Å². The predicted octanol–water partition coefficient (Wildman–Crippen LogP) is 7.69. The molecule has 5 aliphatic carbocycles. The minimum absolute atomic E-state index is 0.00524. The molecule has 0 bridgehead atoms. The van der Waals surface area contributed by atoms with Crippen LogP contribution in [-0.4, -0.2) is 17.9 Å². The second-order valence-electron chi connectivity index (χ2n) is 15.4. The first-order valence-corrected chi connectivity index (χ1v) is 14.1. The Bertz CT molecular complexity index is 1020. The van der Waals surface area contributed by atoms with Crippen LogP contribution in [0.1, 0.15) is 107 Å². The predicted molar refractivity (Wildman–Crippen MR) is 141 cm³/mol. The van der Waals surface area contributed by atoms with Crippen molar-refractivity contribution in [1.82, 2.24) is 0 Å². The molecule has 0 unspecified atom stereocenters. The van der Waals surface area contributed by atoms with Gasteiger partial charge in [0.15, 0.2) is 5.78 Å². The lowest BCUT2D eigenvalue weighted by atomic mass is 9.34. The zero-order valence-corrected chi connectivity index (χ0v) is 23.7. The lowest BCUT2D eigenvalue weighted by Gasteiger charge is -2.69. The molecule has 8 atom stereocenters. The van der Waals surface area contributed by atoms with E-state index in [1.165, 1.54) is 31.8 Å². The van der Waals surface area contributed by atoms with Gasteiger partial charge in [-0.05, 0) is 84.5 Å². The highest BCUT2D eigenvalue weighted by molar-refractivity contribution is 5.96. The third-order valence-corrected chi connectivity index (χ3v) is 12.5. The normalized spacial score (nSPS) is 49.6. The van der Waals surface area contributed by atoms with Crippen molar-refractivity contribution < 1.29 is 14.3 Å². The Kier molecular flexibility index (Phi) is 5.31. The summed E-state index contributed by atoms with van der Waals surface area (Å²) in [5.74, 6) is 0.998. The summed E-state index contributed by atoms with van der Waals surface area (Å²) in [6.07, 6.45) is 14.7. The minimum atomic E-state index is -0.188. The van der Waals surface area contributed by atoms with Crippen LogP contribution >= 0.6 is 0 Å². The first kappa shape index (κ1) is 25.3. The number of carbonyl (C=O) groups excluding carboxylic acids is 2. The van der Waals surface area contributed by atoms with Gasteiger partial charge in [-0.1, -0.05) is 73.1 Å². The van der Waals surface area contributed by atoms with E-state index in [9.17, 15) is 9.59 Å². The number of ketones is 1. The smallest absolute Gasteiger partial charge is 0.302 e. The Morgan fingerprint density at radius 2 is 1.60 bits per heavy atom. The van der Waals surface area contributed by atoms with Gasteiger partial charge in [0.25, 0.3) is 0 Å². The number of carbonyl (C=O) groups is 2. The number of hydrogen-bond donors (Lipinski definition) is 0. The molecule has 3 heteroatoms. The molecular weight excluding hydrogens is 432 g/mol. The Morgan fingerprint density at radius 1 is 0.914 bits per heavy atom. The van der Waals surface area contributed by atoms with Crippen molar-refractivity contribution in [3.05, 3.63) is 23.8 Å². The molecule has 0 aromatic rings. The van der Waals surface area contributed by atoms with E-state index in [2.05, 4.69) is 73.6 Å². The third-order valence-electron chi connectivity index (χ3n) is 12.5. The van der Waals surface area contributed by atoms with E-state index >= 15 is 0 Å². The summed E-state index contributed by atoms with van der Waals surface area (Å²) in [5.41, 5.74) is 1.50. The fourth-order valence-corrected chi connectivity index (χ4v) is 10.2. The maximum Gasteiger partial charge on any atom is 0.302 e. The average molecular weight is 481 g/mol. The Labute approximate surface area is 213 Å². The number of fused-ring (bicyclic) bond motifs is 7. The molecule has 194 valence electrons. The molecular formula is C32H48O3. The quantitative estimate of drug-likeness (QED) is 0.285. The molecule has 35 heavy (non-hydrogen) atoms. The van der Waals surface area contributed by atoms with Gasteiger partial charge in [-0.25, -0.2) is 0 Å². The molecule has 0 spiro atoms. The number of hydrogen-bond acceptors (Lipinski definition) is 3. The third kappa shape index (κ3) is 3.28. The van der Waals surface area contributed by atoms with E-state index in [-0.39, 0.29) is 45.1 Å². The first-order valence-electron chi connectivity index (χ1n) is 14.1. The summed E-state index contributed by atoms with van der Waals surface area (Å²) < 4.78 is 5.84. The standard InChI is InChI=1S/C32H48O3/c1-20(33)35-25-11-12-30(7)24(28(25,4)5)10-13-32(9)26(30)23(34)18-21-22-19-27(2,3)14-15-29(22,6)16-17-31(21,32)8/h16-18,22,24-26H,10-15,19H2,1-9H3/t22-,24-,25-,26+,29+,30-,31+,32+/m0/s1. The monoisotopic (exact) mass is 480 g/mol. The summed E-state index contributed by atoms with van der Waals surface area (Å²) in [6.45, 7) is 20.6. The molecule has 0 aliphatic heterocycles. The van der Waals surface area contributed by atoms with Gasteiger partial charge in [-0.2, -0.15) is 0 Å². The van der Waals surface area contributed by atoms with E-state index in [1.807, 2.05) is 0 Å². The van der Waals surface area contributed by atoms with Gasteiger partial charge < -0.3 is 4.74 Å². The summed E-state index contributed by atoms with van der Waals surface area (Å²) in [5, 5.41) is 0. The highest BCUT2D eigenvalue weighted by Crippen LogP contribution is 2.73. The number of esters is 1. The van der Waals surface area contributed by atoms with Crippen LogP contribution in [0.4, 0.5) is 0 Å². The maximum absolute atomic E-state index is 14.3. The molecule has 0 saturated heterocycles. The van der Waals surface area contributed by atoms with Crippen LogP contribution in [0.25, 0.3) is 0 Å². The Morgan fingerprint density at radius 3 is 2.26 bits per heavy atom. The number of allylic oxidation sites excluding steroid dienone is 4. The molecule has 5 rings (SSSR count). The van der Waals surface area contributed by atoms with Crippen molar-refractivity contribution in [3.8, 4) is 0 Å². The summed E-state index contributed by atoms with van der Waals surface area (Å²) in [6, 6.07) is 0. The van der Waals surface area contributed by atoms with Crippen molar-refractivity contribution >= 4 is 11.8 Å². The van der Waals surface area contributed by atoms with Gasteiger partial charge in [0.2, 0.25) is 0 Å². The summed E-state index contributed by atoms with van der Waals surface area (Å²) in [7, 11) is 0. The highest BCUT2D eigenvalue weighted by Gasteiger charge is 2.69. The first-order chi connectivity index (χ1) is 16.0. The van der Waals surface area contributed by atoms with Crippen molar-refractivity contribution in [2.75, 3.05) is 0 Å². The summed E-state index contributed by atoms with van der Waals surface area (Å²) in [4.78, 5) is 26.2. The van der Waals surface area contributed by atoms with Gasteiger partial charge in [0.05, 0.1) is 0 Å². The van der Waals surface area contributed by atoms with Crippen LogP contribution in [0.15, 0.2) is 23.8 Å².